The molecule has 0 fully saturated rings. The van der Waals surface area contributed by atoms with Gasteiger partial charge in [-0.3, -0.25) is 0 Å². The van der Waals surface area contributed by atoms with Crippen molar-refractivity contribution in [3.05, 3.63) is 99.2 Å². The van der Waals surface area contributed by atoms with Crippen molar-refractivity contribution in [2.75, 3.05) is 26.0 Å². The number of aromatic nitrogens is 1. The van der Waals surface area contributed by atoms with E-state index in [2.05, 4.69) is 72.2 Å². The molecule has 2 amide bonds. The number of aryl methyl sites for hydroxylation is 1. The van der Waals surface area contributed by atoms with E-state index in [1.807, 2.05) is 40.5 Å². The van der Waals surface area contributed by atoms with Gasteiger partial charge < -0.3 is 24.4 Å². The van der Waals surface area contributed by atoms with Gasteiger partial charge in [-0.1, -0.05) is 24.3 Å². The van der Waals surface area contributed by atoms with Crippen molar-refractivity contribution in [3.63, 3.8) is 0 Å². The van der Waals surface area contributed by atoms with Gasteiger partial charge in [-0.05, 0) is 79.9 Å². The summed E-state index contributed by atoms with van der Waals surface area (Å²) in [6, 6.07) is 18.0. The molecule has 1 atom stereocenters. The lowest BCUT2D eigenvalue weighted by Gasteiger charge is -2.32. The Kier molecular flexibility index (Phi) is 6.05. The van der Waals surface area contributed by atoms with Gasteiger partial charge in [0, 0.05) is 35.4 Å². The van der Waals surface area contributed by atoms with Crippen LogP contribution in [0.25, 0.3) is 5.00 Å². The number of likely N-dealkylation sites (N-methyl/N-ethyl adjacent to an activating group) is 1. The van der Waals surface area contributed by atoms with E-state index in [1.54, 1.807) is 7.11 Å². The topological polar surface area (TPSA) is 49.7 Å². The third kappa shape index (κ3) is 4.12. The molecule has 2 aliphatic heterocycles. The van der Waals surface area contributed by atoms with Crippen LogP contribution in [-0.2, 0) is 19.5 Å². The summed E-state index contributed by atoms with van der Waals surface area (Å²) in [5, 5.41) is 4.49. The summed E-state index contributed by atoms with van der Waals surface area (Å²) >= 11 is 1.87. The van der Waals surface area contributed by atoms with Gasteiger partial charge in [0.15, 0.2) is 0 Å². The number of thiophene rings is 1. The number of anilines is 1. The predicted octanol–water partition coefficient (Wildman–Crippen LogP) is 6.29. The monoisotopic (exact) mass is 512 g/mol. The van der Waals surface area contributed by atoms with Gasteiger partial charge >= 0.3 is 6.03 Å². The lowest BCUT2D eigenvalue weighted by atomic mass is 10.00. The molecule has 4 heterocycles. The molecular formula is C30H32N4O2S. The molecular weight excluding hydrogens is 480 g/mol. The van der Waals surface area contributed by atoms with Crippen molar-refractivity contribution >= 4 is 23.1 Å². The molecule has 1 N–H and O–H groups in total. The standard InChI is InChI=1S/C30H32N4O2S/c1-19-7-5-8-25(20(19)2)31-30(35)34-17-24-23-14-16-32(3)18-27(23)37-29(24)33-15-6-9-26(33)28(34)21-10-12-22(36-4)13-11-21/h5-13,15,28H,14,16-18H2,1-4H3,(H,31,35)/t28-/m0/s1. The highest BCUT2D eigenvalue weighted by Gasteiger charge is 2.36. The lowest BCUT2D eigenvalue weighted by molar-refractivity contribution is 0.194. The Balaban J connectivity index is 1.49. The quantitative estimate of drug-likeness (QED) is 0.351. The largest absolute Gasteiger partial charge is 0.497 e. The summed E-state index contributed by atoms with van der Waals surface area (Å²) in [7, 11) is 3.85. The molecule has 0 saturated heterocycles. The van der Waals surface area contributed by atoms with Crippen molar-refractivity contribution in [3.8, 4) is 10.8 Å². The molecule has 2 aliphatic rings. The van der Waals surface area contributed by atoms with Gasteiger partial charge in [-0.25, -0.2) is 4.79 Å². The van der Waals surface area contributed by atoms with Gasteiger partial charge in [-0.2, -0.15) is 0 Å². The Hall–Kier alpha value is -3.55. The Morgan fingerprint density at radius 2 is 1.84 bits per heavy atom. The average molecular weight is 513 g/mol. The second-order valence-electron chi connectivity index (χ2n) is 10.1. The minimum atomic E-state index is -0.243. The highest BCUT2D eigenvalue weighted by molar-refractivity contribution is 7.15. The number of hydrogen-bond acceptors (Lipinski definition) is 4. The summed E-state index contributed by atoms with van der Waals surface area (Å²) in [5.41, 5.74) is 7.94. The maximum absolute atomic E-state index is 14.2. The van der Waals surface area contributed by atoms with Crippen LogP contribution >= 0.6 is 11.3 Å². The smallest absolute Gasteiger partial charge is 0.322 e. The van der Waals surface area contributed by atoms with E-state index in [-0.39, 0.29) is 12.1 Å². The molecule has 4 aromatic rings. The molecule has 6 rings (SSSR count). The van der Waals surface area contributed by atoms with E-state index in [1.165, 1.54) is 21.0 Å². The van der Waals surface area contributed by atoms with Crippen LogP contribution in [0.4, 0.5) is 10.5 Å². The van der Waals surface area contributed by atoms with Crippen LogP contribution in [0.2, 0.25) is 0 Å². The number of methoxy groups -OCH3 is 1. The molecule has 7 heteroatoms. The maximum Gasteiger partial charge on any atom is 0.322 e. The summed E-state index contributed by atoms with van der Waals surface area (Å²) < 4.78 is 7.73. The fourth-order valence-corrected chi connectivity index (χ4v) is 7.00. The van der Waals surface area contributed by atoms with Crippen LogP contribution < -0.4 is 10.1 Å². The lowest BCUT2D eigenvalue weighted by Crippen LogP contribution is -2.38. The van der Waals surface area contributed by atoms with Crippen molar-refractivity contribution in [1.29, 1.82) is 0 Å². The second-order valence-corrected chi connectivity index (χ2v) is 11.1. The number of nitrogens with one attached hydrogen (secondary N) is 1. The number of fused-ring (bicyclic) bond motifs is 5. The fraction of sp³-hybridized carbons (Fsp3) is 0.300. The SMILES string of the molecule is COc1ccc([C@H]2c3cccn3-c3sc4c(c3CN2C(=O)Nc2cccc(C)c2C)CCN(C)C4)cc1. The zero-order valence-electron chi connectivity index (χ0n) is 21.7. The van der Waals surface area contributed by atoms with Crippen LogP contribution in [0, 0.1) is 13.8 Å². The zero-order valence-corrected chi connectivity index (χ0v) is 22.6. The molecule has 0 spiro atoms. The highest BCUT2D eigenvalue weighted by atomic mass is 32.1. The van der Waals surface area contributed by atoms with Crippen LogP contribution in [0.3, 0.4) is 0 Å². The van der Waals surface area contributed by atoms with Gasteiger partial charge in [0.1, 0.15) is 10.8 Å². The highest BCUT2D eigenvalue weighted by Crippen LogP contribution is 2.43. The normalized spacial score (nSPS) is 17.0. The first-order valence-corrected chi connectivity index (χ1v) is 13.5. The summed E-state index contributed by atoms with van der Waals surface area (Å²) in [5.74, 6) is 0.802. The minimum Gasteiger partial charge on any atom is -0.497 e. The van der Waals surface area contributed by atoms with E-state index in [4.69, 9.17) is 4.74 Å². The van der Waals surface area contributed by atoms with E-state index in [9.17, 15) is 4.79 Å². The van der Waals surface area contributed by atoms with Gasteiger partial charge in [-0.15, -0.1) is 11.3 Å². The molecule has 6 nitrogen and oxygen atoms in total. The van der Waals surface area contributed by atoms with E-state index in [0.717, 1.165) is 53.3 Å². The molecule has 0 saturated carbocycles. The van der Waals surface area contributed by atoms with Gasteiger partial charge in [0.2, 0.25) is 0 Å². The number of urea groups is 1. The number of benzene rings is 2. The Morgan fingerprint density at radius 3 is 2.62 bits per heavy atom. The number of carbonyl (C=O) groups excluding carboxylic acids is 1. The molecule has 0 aliphatic carbocycles. The number of ether oxygens (including phenoxy) is 1. The third-order valence-corrected chi connectivity index (χ3v) is 9.05. The zero-order chi connectivity index (χ0) is 25.7. The number of nitrogens with zero attached hydrogens (tertiary/aromatic N) is 3. The second kappa shape index (κ2) is 9.39. The number of rotatable bonds is 3. The first-order chi connectivity index (χ1) is 17.9. The Morgan fingerprint density at radius 1 is 1.03 bits per heavy atom. The van der Waals surface area contributed by atoms with Gasteiger partial charge in [0.25, 0.3) is 0 Å². The van der Waals surface area contributed by atoms with Crippen LogP contribution in [0.1, 0.15) is 44.4 Å². The molecule has 0 bridgehead atoms. The number of hydrogen-bond donors (Lipinski definition) is 1. The molecule has 2 aromatic heterocycles. The van der Waals surface area contributed by atoms with Crippen LogP contribution in [0.5, 0.6) is 5.75 Å². The molecule has 0 radical (unpaired) electrons. The fourth-order valence-electron chi connectivity index (χ4n) is 5.56. The van der Waals surface area contributed by atoms with Crippen LogP contribution in [0.15, 0.2) is 60.8 Å². The Bertz CT molecular complexity index is 1470. The predicted molar refractivity (Wildman–Crippen MR) is 149 cm³/mol. The first-order valence-electron chi connectivity index (χ1n) is 12.7. The summed E-state index contributed by atoms with van der Waals surface area (Å²) in [6.45, 7) is 6.68. The van der Waals surface area contributed by atoms with Gasteiger partial charge in [0.05, 0.1) is 25.4 Å². The van der Waals surface area contributed by atoms with E-state index >= 15 is 0 Å². The maximum atomic E-state index is 14.2. The van der Waals surface area contributed by atoms with E-state index < -0.39 is 0 Å². The molecule has 0 unspecified atom stereocenters. The Labute approximate surface area is 222 Å². The van der Waals surface area contributed by atoms with Crippen molar-refractivity contribution in [1.82, 2.24) is 14.4 Å². The average Bonchev–Trinajstić information content (AvgIpc) is 3.48. The molecule has 190 valence electrons. The van der Waals surface area contributed by atoms with Crippen molar-refractivity contribution in [2.24, 2.45) is 0 Å². The number of amides is 2. The first kappa shape index (κ1) is 23.8. The number of carbonyl (C=O) groups is 1. The van der Waals surface area contributed by atoms with E-state index in [0.29, 0.717) is 6.54 Å². The summed E-state index contributed by atoms with van der Waals surface area (Å²) in [4.78, 5) is 19.9. The minimum absolute atomic E-state index is 0.0944. The summed E-state index contributed by atoms with van der Waals surface area (Å²) in [6.07, 6.45) is 3.15. The van der Waals surface area contributed by atoms with Crippen LogP contribution in [-0.4, -0.2) is 41.1 Å². The van der Waals surface area contributed by atoms with Crippen molar-refractivity contribution in [2.45, 2.75) is 39.4 Å². The molecule has 37 heavy (non-hydrogen) atoms. The van der Waals surface area contributed by atoms with Crippen molar-refractivity contribution < 1.29 is 9.53 Å². The molecule has 2 aromatic carbocycles. The third-order valence-electron chi connectivity index (χ3n) is 7.79.